The van der Waals surface area contributed by atoms with Gasteiger partial charge in [-0.1, -0.05) is 19.1 Å². The Morgan fingerprint density at radius 2 is 2.22 bits per heavy atom. The van der Waals surface area contributed by atoms with E-state index in [0.29, 0.717) is 0 Å². The highest BCUT2D eigenvalue weighted by atomic mass is 16.5. The van der Waals surface area contributed by atoms with Crippen molar-refractivity contribution in [3.63, 3.8) is 0 Å². The third-order valence-electron chi connectivity index (χ3n) is 2.86. The number of methoxy groups -OCH3 is 1. The molecule has 1 aromatic carbocycles. The van der Waals surface area contributed by atoms with Crippen LogP contribution >= 0.6 is 0 Å². The fourth-order valence-corrected chi connectivity index (χ4v) is 2.14. The average molecular weight is 249 g/mol. The lowest BCUT2D eigenvalue weighted by Crippen LogP contribution is -2.25. The minimum Gasteiger partial charge on any atom is -0.496 e. The van der Waals surface area contributed by atoms with Gasteiger partial charge < -0.3 is 14.7 Å². The van der Waals surface area contributed by atoms with Crippen molar-refractivity contribution in [2.24, 2.45) is 0 Å². The summed E-state index contributed by atoms with van der Waals surface area (Å²) in [7, 11) is 1.63. The van der Waals surface area contributed by atoms with E-state index in [1.807, 2.05) is 24.3 Å². The molecule has 0 spiro atoms. The van der Waals surface area contributed by atoms with E-state index in [4.69, 9.17) is 4.74 Å². The van der Waals surface area contributed by atoms with E-state index in [1.165, 1.54) is 0 Å². The second-order valence-electron chi connectivity index (χ2n) is 4.30. The minimum absolute atomic E-state index is 0.555. The van der Waals surface area contributed by atoms with Crippen molar-refractivity contribution in [1.29, 1.82) is 0 Å². The number of aliphatic hydroxyl groups excluding tert-OH is 1. The number of anilines is 1. The Kier molecular flexibility index (Phi) is 5.72. The van der Waals surface area contributed by atoms with Gasteiger partial charge in [0.2, 0.25) is 0 Å². The number of nitrogens with zero attached hydrogens (tertiary/aromatic N) is 1. The number of hydrogen-bond donors (Lipinski definition) is 1. The van der Waals surface area contributed by atoms with Gasteiger partial charge in [0.05, 0.1) is 13.2 Å². The van der Waals surface area contributed by atoms with Crippen LogP contribution in [-0.4, -0.2) is 25.3 Å². The summed E-state index contributed by atoms with van der Waals surface area (Å²) in [6.45, 7) is 9.38. The van der Waals surface area contributed by atoms with Crippen LogP contribution in [0.15, 0.2) is 30.9 Å². The van der Waals surface area contributed by atoms with Crippen LogP contribution in [0.2, 0.25) is 0 Å². The van der Waals surface area contributed by atoms with Crippen LogP contribution in [0, 0.1) is 0 Å². The molecule has 0 saturated heterocycles. The zero-order valence-corrected chi connectivity index (χ0v) is 11.5. The molecular formula is C15H23NO2. The van der Waals surface area contributed by atoms with Gasteiger partial charge in [0.1, 0.15) is 5.75 Å². The number of benzene rings is 1. The summed E-state index contributed by atoms with van der Waals surface area (Å²) >= 11 is 0. The molecule has 100 valence electrons. The van der Waals surface area contributed by atoms with Gasteiger partial charge in [0, 0.05) is 24.3 Å². The first kappa shape index (κ1) is 14.6. The highest BCUT2D eigenvalue weighted by Gasteiger charge is 2.17. The Morgan fingerprint density at radius 1 is 1.50 bits per heavy atom. The van der Waals surface area contributed by atoms with Crippen LogP contribution < -0.4 is 9.64 Å². The Balaban J connectivity index is 3.22. The Hall–Kier alpha value is -1.48. The smallest absolute Gasteiger partial charge is 0.126 e. The zero-order valence-electron chi connectivity index (χ0n) is 11.5. The van der Waals surface area contributed by atoms with E-state index < -0.39 is 6.10 Å². The molecule has 1 atom stereocenters. The lowest BCUT2D eigenvalue weighted by atomic mass is 10.1. The molecule has 0 aliphatic rings. The summed E-state index contributed by atoms with van der Waals surface area (Å²) in [5.74, 6) is 0.729. The van der Waals surface area contributed by atoms with E-state index in [2.05, 4.69) is 18.4 Å². The molecule has 3 nitrogen and oxygen atoms in total. The molecule has 1 rings (SSSR count). The highest BCUT2D eigenvalue weighted by Crippen LogP contribution is 2.34. The molecule has 3 heteroatoms. The van der Waals surface area contributed by atoms with Gasteiger partial charge in [-0.3, -0.25) is 0 Å². The maximum Gasteiger partial charge on any atom is 0.126 e. The zero-order chi connectivity index (χ0) is 13.5. The molecule has 0 saturated carbocycles. The number of ether oxygens (including phenoxy) is 1. The van der Waals surface area contributed by atoms with E-state index in [9.17, 15) is 5.11 Å². The van der Waals surface area contributed by atoms with E-state index in [0.717, 1.165) is 36.5 Å². The molecular weight excluding hydrogens is 226 g/mol. The molecule has 0 bridgehead atoms. The van der Waals surface area contributed by atoms with Gasteiger partial charge in [-0.05, 0) is 25.5 Å². The molecule has 0 heterocycles. The number of aliphatic hydroxyl groups is 1. The summed E-state index contributed by atoms with van der Waals surface area (Å²) in [6, 6.07) is 5.85. The maximum atomic E-state index is 9.97. The standard InChI is InChI=1S/C15H23NO2/c1-5-10-16(11-6-2)13-8-7-9-14(18-4)15(13)12(3)17/h5,7-9,12,17H,1,6,10-11H2,2-4H3/t12-/m0/s1. The summed E-state index contributed by atoms with van der Waals surface area (Å²) in [4.78, 5) is 2.21. The van der Waals surface area contributed by atoms with Crippen molar-refractivity contribution in [2.75, 3.05) is 25.1 Å². The summed E-state index contributed by atoms with van der Waals surface area (Å²) in [5, 5.41) is 9.97. The lowest BCUT2D eigenvalue weighted by Gasteiger charge is -2.27. The first-order valence-corrected chi connectivity index (χ1v) is 6.36. The van der Waals surface area contributed by atoms with E-state index in [1.54, 1.807) is 14.0 Å². The second kappa shape index (κ2) is 7.07. The molecule has 0 aliphatic carbocycles. The van der Waals surface area contributed by atoms with E-state index in [-0.39, 0.29) is 0 Å². The predicted molar refractivity (Wildman–Crippen MR) is 76.3 cm³/mol. The highest BCUT2D eigenvalue weighted by molar-refractivity contribution is 5.60. The molecule has 1 N–H and O–H groups in total. The molecule has 0 fully saturated rings. The fraction of sp³-hybridized carbons (Fsp3) is 0.467. The lowest BCUT2D eigenvalue weighted by molar-refractivity contribution is 0.194. The second-order valence-corrected chi connectivity index (χ2v) is 4.30. The topological polar surface area (TPSA) is 32.7 Å². The van der Waals surface area contributed by atoms with Crippen LogP contribution in [0.4, 0.5) is 5.69 Å². The average Bonchev–Trinajstić information content (AvgIpc) is 2.37. The van der Waals surface area contributed by atoms with Gasteiger partial charge in [0.15, 0.2) is 0 Å². The van der Waals surface area contributed by atoms with Crippen molar-refractivity contribution >= 4 is 5.69 Å². The number of rotatable bonds is 7. The summed E-state index contributed by atoms with van der Waals surface area (Å²) in [5.41, 5.74) is 1.86. The quantitative estimate of drug-likeness (QED) is 0.753. The maximum absolute atomic E-state index is 9.97. The molecule has 1 aromatic rings. The molecule has 0 aromatic heterocycles. The first-order chi connectivity index (χ1) is 8.65. The molecule has 0 unspecified atom stereocenters. The normalized spacial score (nSPS) is 12.0. The van der Waals surface area contributed by atoms with Crippen LogP contribution in [0.25, 0.3) is 0 Å². The van der Waals surface area contributed by atoms with Crippen molar-refractivity contribution in [3.05, 3.63) is 36.4 Å². The SMILES string of the molecule is C=CCN(CCC)c1cccc(OC)c1[C@H](C)O. The molecule has 0 amide bonds. The Bertz CT molecular complexity index is 388. The Morgan fingerprint density at radius 3 is 2.72 bits per heavy atom. The van der Waals surface area contributed by atoms with Crippen LogP contribution in [0.3, 0.4) is 0 Å². The van der Waals surface area contributed by atoms with Gasteiger partial charge in [-0.2, -0.15) is 0 Å². The molecule has 0 aliphatic heterocycles. The third-order valence-corrected chi connectivity index (χ3v) is 2.86. The van der Waals surface area contributed by atoms with Crippen LogP contribution in [0.1, 0.15) is 31.9 Å². The first-order valence-electron chi connectivity index (χ1n) is 6.36. The molecule has 0 radical (unpaired) electrons. The third kappa shape index (κ3) is 3.26. The van der Waals surface area contributed by atoms with E-state index >= 15 is 0 Å². The van der Waals surface area contributed by atoms with Crippen molar-refractivity contribution in [3.8, 4) is 5.75 Å². The van der Waals surface area contributed by atoms with Crippen molar-refractivity contribution in [1.82, 2.24) is 0 Å². The minimum atomic E-state index is -0.555. The summed E-state index contributed by atoms with van der Waals surface area (Å²) in [6.07, 6.45) is 2.37. The van der Waals surface area contributed by atoms with Gasteiger partial charge in [0.25, 0.3) is 0 Å². The van der Waals surface area contributed by atoms with Crippen molar-refractivity contribution in [2.45, 2.75) is 26.4 Å². The molecule has 18 heavy (non-hydrogen) atoms. The van der Waals surface area contributed by atoms with Crippen LogP contribution in [0.5, 0.6) is 5.75 Å². The monoisotopic (exact) mass is 249 g/mol. The predicted octanol–water partition coefficient (Wildman–Crippen LogP) is 3.15. The largest absolute Gasteiger partial charge is 0.496 e. The van der Waals surface area contributed by atoms with Gasteiger partial charge in [-0.15, -0.1) is 6.58 Å². The van der Waals surface area contributed by atoms with Gasteiger partial charge >= 0.3 is 0 Å². The van der Waals surface area contributed by atoms with Crippen LogP contribution in [-0.2, 0) is 0 Å². The van der Waals surface area contributed by atoms with Crippen molar-refractivity contribution < 1.29 is 9.84 Å². The van der Waals surface area contributed by atoms with Gasteiger partial charge in [-0.25, -0.2) is 0 Å². The number of hydrogen-bond acceptors (Lipinski definition) is 3. The Labute approximate surface area is 110 Å². The fourth-order valence-electron chi connectivity index (χ4n) is 2.14. The summed E-state index contributed by atoms with van der Waals surface area (Å²) < 4.78 is 5.34.